The molecule has 3 heterocycles. The van der Waals surface area contributed by atoms with Crippen LogP contribution in [-0.4, -0.2) is 60.8 Å². The number of anilines is 1. The highest BCUT2D eigenvalue weighted by molar-refractivity contribution is 6.07. The van der Waals surface area contributed by atoms with Crippen molar-refractivity contribution < 1.29 is 14.3 Å². The molecule has 3 aromatic rings. The first-order valence-electron chi connectivity index (χ1n) is 11.2. The van der Waals surface area contributed by atoms with Gasteiger partial charge in [-0.25, -0.2) is 4.98 Å². The fourth-order valence-corrected chi connectivity index (χ4v) is 4.27. The number of hydrogen-bond donors (Lipinski definition) is 0. The van der Waals surface area contributed by atoms with Gasteiger partial charge in [0.2, 0.25) is 0 Å². The molecule has 0 saturated carbocycles. The summed E-state index contributed by atoms with van der Waals surface area (Å²) in [6.07, 6.45) is 3.47. The summed E-state index contributed by atoms with van der Waals surface area (Å²) in [5, 5.41) is 1.03. The Bertz CT molecular complexity index is 1200. The van der Waals surface area contributed by atoms with Gasteiger partial charge in [0.25, 0.3) is 11.5 Å². The van der Waals surface area contributed by atoms with E-state index >= 15 is 0 Å². The van der Waals surface area contributed by atoms with Crippen LogP contribution in [0.1, 0.15) is 24.2 Å². The van der Waals surface area contributed by atoms with Crippen molar-refractivity contribution in [3.05, 3.63) is 58.6 Å². The SMILES string of the molecule is COc1cc2c(C(=O)N3CCN(c4ccccn4)CC3)cn(CC(C)C)c(=O)c2cc1OC. The first kappa shape index (κ1) is 22.6. The molecule has 1 aromatic carbocycles. The third kappa shape index (κ3) is 4.51. The highest BCUT2D eigenvalue weighted by Gasteiger charge is 2.26. The number of piperazine rings is 1. The molecule has 4 rings (SSSR count). The van der Waals surface area contributed by atoms with E-state index in [-0.39, 0.29) is 17.4 Å². The molecular weight excluding hydrogens is 420 g/mol. The monoisotopic (exact) mass is 450 g/mol. The highest BCUT2D eigenvalue weighted by atomic mass is 16.5. The van der Waals surface area contributed by atoms with Crippen LogP contribution in [-0.2, 0) is 6.54 Å². The Morgan fingerprint density at radius 2 is 1.70 bits per heavy atom. The quantitative estimate of drug-likeness (QED) is 0.575. The van der Waals surface area contributed by atoms with Crippen LogP contribution in [0.2, 0.25) is 0 Å². The predicted molar refractivity (Wildman–Crippen MR) is 129 cm³/mol. The molecule has 0 unspecified atom stereocenters. The van der Waals surface area contributed by atoms with Crippen molar-refractivity contribution in [3.63, 3.8) is 0 Å². The highest BCUT2D eigenvalue weighted by Crippen LogP contribution is 2.33. The van der Waals surface area contributed by atoms with E-state index in [2.05, 4.69) is 9.88 Å². The van der Waals surface area contributed by atoms with Gasteiger partial charge in [0.15, 0.2) is 11.5 Å². The number of amides is 1. The van der Waals surface area contributed by atoms with Crippen LogP contribution in [0.15, 0.2) is 47.5 Å². The van der Waals surface area contributed by atoms with Crippen LogP contribution in [0.4, 0.5) is 5.82 Å². The number of rotatable bonds is 6. The largest absolute Gasteiger partial charge is 0.493 e. The molecule has 8 heteroatoms. The van der Waals surface area contributed by atoms with E-state index in [0.717, 1.165) is 5.82 Å². The average Bonchev–Trinajstić information content (AvgIpc) is 2.85. The third-order valence-electron chi connectivity index (χ3n) is 5.92. The van der Waals surface area contributed by atoms with Crippen LogP contribution in [0, 0.1) is 5.92 Å². The van der Waals surface area contributed by atoms with E-state index in [1.807, 2.05) is 36.9 Å². The van der Waals surface area contributed by atoms with Crippen LogP contribution in [0.5, 0.6) is 11.5 Å². The Kier molecular flexibility index (Phi) is 6.53. The molecule has 1 aliphatic heterocycles. The second-order valence-electron chi connectivity index (χ2n) is 8.61. The molecule has 1 aliphatic rings. The van der Waals surface area contributed by atoms with Crippen molar-refractivity contribution in [1.82, 2.24) is 14.5 Å². The fraction of sp³-hybridized carbons (Fsp3) is 0.400. The molecule has 1 saturated heterocycles. The minimum atomic E-state index is -0.142. The van der Waals surface area contributed by atoms with Gasteiger partial charge in [-0.05, 0) is 30.2 Å². The van der Waals surface area contributed by atoms with E-state index in [0.29, 0.717) is 60.6 Å². The van der Waals surface area contributed by atoms with Crippen LogP contribution in [0.25, 0.3) is 10.8 Å². The second-order valence-corrected chi connectivity index (χ2v) is 8.61. The Morgan fingerprint density at radius 1 is 1.03 bits per heavy atom. The van der Waals surface area contributed by atoms with E-state index in [9.17, 15) is 9.59 Å². The van der Waals surface area contributed by atoms with E-state index in [4.69, 9.17) is 9.47 Å². The zero-order valence-electron chi connectivity index (χ0n) is 19.6. The summed E-state index contributed by atoms with van der Waals surface area (Å²) in [4.78, 5) is 35.3. The molecule has 0 spiro atoms. The summed E-state index contributed by atoms with van der Waals surface area (Å²) in [6.45, 7) is 7.16. The molecular formula is C25H30N4O4. The Hall–Kier alpha value is -3.55. The van der Waals surface area contributed by atoms with Crippen molar-refractivity contribution in [2.45, 2.75) is 20.4 Å². The number of benzene rings is 1. The molecule has 0 bridgehead atoms. The summed E-state index contributed by atoms with van der Waals surface area (Å²) in [5.41, 5.74) is 0.355. The van der Waals surface area contributed by atoms with E-state index in [1.54, 1.807) is 36.2 Å². The molecule has 2 aromatic heterocycles. The number of fused-ring (bicyclic) bond motifs is 1. The molecule has 0 atom stereocenters. The number of methoxy groups -OCH3 is 2. The maximum atomic E-state index is 13.7. The van der Waals surface area contributed by atoms with Crippen molar-refractivity contribution in [1.29, 1.82) is 0 Å². The van der Waals surface area contributed by atoms with Gasteiger partial charge in [0, 0.05) is 50.5 Å². The van der Waals surface area contributed by atoms with Gasteiger partial charge < -0.3 is 23.8 Å². The van der Waals surface area contributed by atoms with Gasteiger partial charge in [-0.2, -0.15) is 0 Å². The van der Waals surface area contributed by atoms with E-state index < -0.39 is 0 Å². The molecule has 1 fully saturated rings. The number of carbonyl (C=O) groups is 1. The van der Waals surface area contributed by atoms with Crippen LogP contribution in [0.3, 0.4) is 0 Å². The van der Waals surface area contributed by atoms with Gasteiger partial charge in [-0.15, -0.1) is 0 Å². The van der Waals surface area contributed by atoms with Crippen LogP contribution < -0.4 is 19.9 Å². The molecule has 1 amide bonds. The smallest absolute Gasteiger partial charge is 0.258 e. The lowest BCUT2D eigenvalue weighted by molar-refractivity contribution is 0.0747. The summed E-state index contributed by atoms with van der Waals surface area (Å²) >= 11 is 0. The molecule has 0 N–H and O–H groups in total. The number of ether oxygens (including phenoxy) is 2. The minimum Gasteiger partial charge on any atom is -0.493 e. The molecule has 0 aliphatic carbocycles. The third-order valence-corrected chi connectivity index (χ3v) is 5.92. The predicted octanol–water partition coefficient (Wildman–Crippen LogP) is 3.03. The molecule has 33 heavy (non-hydrogen) atoms. The second kappa shape index (κ2) is 9.52. The van der Waals surface area contributed by atoms with Crippen molar-refractivity contribution in [2.24, 2.45) is 5.92 Å². The average molecular weight is 451 g/mol. The van der Waals surface area contributed by atoms with E-state index in [1.165, 1.54) is 7.11 Å². The lowest BCUT2D eigenvalue weighted by Crippen LogP contribution is -2.49. The molecule has 0 radical (unpaired) electrons. The fourth-order valence-electron chi connectivity index (χ4n) is 4.27. The zero-order valence-corrected chi connectivity index (χ0v) is 19.6. The van der Waals surface area contributed by atoms with Gasteiger partial charge >= 0.3 is 0 Å². The zero-order chi connectivity index (χ0) is 23.5. The summed E-state index contributed by atoms with van der Waals surface area (Å²) in [6, 6.07) is 9.23. The number of carbonyl (C=O) groups excluding carboxylic acids is 1. The lowest BCUT2D eigenvalue weighted by Gasteiger charge is -2.35. The van der Waals surface area contributed by atoms with Gasteiger partial charge in [0.05, 0.1) is 25.2 Å². The van der Waals surface area contributed by atoms with Crippen LogP contribution >= 0.6 is 0 Å². The summed E-state index contributed by atoms with van der Waals surface area (Å²) in [7, 11) is 3.08. The molecule has 8 nitrogen and oxygen atoms in total. The Morgan fingerprint density at radius 3 is 2.27 bits per heavy atom. The normalized spacial score (nSPS) is 14.1. The van der Waals surface area contributed by atoms with Crippen molar-refractivity contribution >= 4 is 22.5 Å². The van der Waals surface area contributed by atoms with Crippen molar-refractivity contribution in [3.8, 4) is 11.5 Å². The maximum absolute atomic E-state index is 13.7. The first-order chi connectivity index (χ1) is 15.9. The molecule has 174 valence electrons. The standard InChI is InChI=1S/C25H30N4O4/c1-17(2)15-29-16-20(18-13-21(32-3)22(33-4)14-19(18)24(29)30)25(31)28-11-9-27(10-12-28)23-7-5-6-8-26-23/h5-8,13-14,16-17H,9-12,15H2,1-4H3. The summed E-state index contributed by atoms with van der Waals surface area (Å²) < 4.78 is 12.5. The van der Waals surface area contributed by atoms with Gasteiger partial charge in [-0.1, -0.05) is 19.9 Å². The number of aromatic nitrogens is 2. The minimum absolute atomic E-state index is 0.0922. The summed E-state index contributed by atoms with van der Waals surface area (Å²) in [5.74, 6) is 2.03. The number of hydrogen-bond acceptors (Lipinski definition) is 6. The van der Waals surface area contributed by atoms with Gasteiger partial charge in [0.1, 0.15) is 5.82 Å². The number of pyridine rings is 2. The van der Waals surface area contributed by atoms with Gasteiger partial charge in [-0.3, -0.25) is 9.59 Å². The Balaban J connectivity index is 1.71. The Labute approximate surface area is 193 Å². The first-order valence-corrected chi connectivity index (χ1v) is 11.2. The maximum Gasteiger partial charge on any atom is 0.258 e. The number of nitrogens with zero attached hydrogens (tertiary/aromatic N) is 4. The van der Waals surface area contributed by atoms with Crippen molar-refractivity contribution in [2.75, 3.05) is 45.3 Å². The lowest BCUT2D eigenvalue weighted by atomic mass is 10.0. The topological polar surface area (TPSA) is 76.9 Å².